The molecule has 0 saturated carbocycles. The third-order valence-corrected chi connectivity index (χ3v) is 11.1. The van der Waals surface area contributed by atoms with Crippen molar-refractivity contribution in [1.29, 1.82) is 10.5 Å². The third-order valence-electron chi connectivity index (χ3n) is 11.1. The Hall–Kier alpha value is -7.86. The maximum Gasteiger partial charge on any atom is 0.0998 e. The van der Waals surface area contributed by atoms with Gasteiger partial charge >= 0.3 is 0 Å². The first kappa shape index (κ1) is 30.7. The van der Waals surface area contributed by atoms with Gasteiger partial charge in [-0.25, -0.2) is 0 Å². The molecule has 5 nitrogen and oxygen atoms in total. The summed E-state index contributed by atoms with van der Waals surface area (Å²) < 4.78 is 6.86. The van der Waals surface area contributed by atoms with Crippen molar-refractivity contribution in [2.24, 2.45) is 0 Å². The second-order valence-electron chi connectivity index (χ2n) is 14.0. The Morgan fingerprint density at radius 3 is 1.35 bits per heavy atom. The summed E-state index contributed by atoms with van der Waals surface area (Å²) in [4.78, 5) is 0. The van der Waals surface area contributed by atoms with E-state index in [1.165, 1.54) is 32.6 Å². The van der Waals surface area contributed by atoms with Crippen molar-refractivity contribution in [2.45, 2.75) is 0 Å². The molecule has 55 heavy (non-hydrogen) atoms. The van der Waals surface area contributed by atoms with Gasteiger partial charge in [-0.2, -0.15) is 10.5 Å². The van der Waals surface area contributed by atoms with Crippen LogP contribution in [-0.2, 0) is 0 Å². The lowest BCUT2D eigenvalue weighted by Crippen LogP contribution is -1.98. The molecule has 0 spiro atoms. The van der Waals surface area contributed by atoms with Crippen LogP contribution in [0.15, 0.2) is 176 Å². The first-order valence-corrected chi connectivity index (χ1v) is 18.3. The lowest BCUT2D eigenvalue weighted by Gasteiger charge is -2.14. The highest BCUT2D eigenvalue weighted by molar-refractivity contribution is 6.12. The number of rotatable bonds is 4. The number of hydrogen-bond acceptors (Lipinski definition) is 2. The predicted molar refractivity (Wildman–Crippen MR) is 224 cm³/mol. The molecule has 11 aromatic rings. The van der Waals surface area contributed by atoms with Crippen LogP contribution < -0.4 is 0 Å². The Labute approximate surface area is 316 Å². The lowest BCUT2D eigenvalue weighted by atomic mass is 9.99. The van der Waals surface area contributed by atoms with Gasteiger partial charge in [0.25, 0.3) is 0 Å². The molecule has 0 unspecified atom stereocenters. The summed E-state index contributed by atoms with van der Waals surface area (Å²) in [5, 5.41) is 27.3. The second-order valence-corrected chi connectivity index (χ2v) is 14.0. The van der Waals surface area contributed by atoms with Gasteiger partial charge < -0.3 is 13.7 Å². The lowest BCUT2D eigenvalue weighted by molar-refractivity contribution is 1.15. The Balaban J connectivity index is 1.09. The van der Waals surface area contributed by atoms with Crippen LogP contribution in [0, 0.1) is 22.7 Å². The SMILES string of the molecule is N#Cc1ccc2c3ccccc3n(-c3ccc(-c4cccc(-n5c6ccccc6c6ccc(-n7c8ccccc8c8ccccc87)cc65)c4)c(C#N)c3)c2c1. The number of nitriles is 2. The van der Waals surface area contributed by atoms with Gasteiger partial charge in [0.1, 0.15) is 0 Å². The standard InChI is InChI=1S/C50H29N5/c51-30-32-20-23-43-41-14-3-8-19-48(41)55(49(43)26-32)36-21-24-38(34(28-36)31-52)33-10-9-11-35(27-33)54-47-18-7-4-15-42(47)44-25-22-37(29-50(44)54)53-45-16-5-1-12-39(45)40-13-2-6-17-46(40)53/h1-29H. The Kier molecular flexibility index (Phi) is 6.61. The number of para-hydroxylation sites is 4. The van der Waals surface area contributed by atoms with E-state index in [2.05, 4.69) is 159 Å². The molecule has 0 N–H and O–H groups in total. The fourth-order valence-corrected chi connectivity index (χ4v) is 8.72. The van der Waals surface area contributed by atoms with Crippen LogP contribution in [0.25, 0.3) is 93.6 Å². The van der Waals surface area contributed by atoms with E-state index >= 15 is 0 Å². The second kappa shape index (κ2) is 11.8. The van der Waals surface area contributed by atoms with Crippen LogP contribution in [0.1, 0.15) is 11.1 Å². The first-order chi connectivity index (χ1) is 27.2. The van der Waals surface area contributed by atoms with E-state index in [1.54, 1.807) is 0 Å². The van der Waals surface area contributed by atoms with Gasteiger partial charge in [-0.15, -0.1) is 0 Å². The number of nitrogens with zero attached hydrogens (tertiary/aromatic N) is 5. The molecule has 0 radical (unpaired) electrons. The minimum absolute atomic E-state index is 0.577. The highest BCUT2D eigenvalue weighted by Crippen LogP contribution is 2.39. The summed E-state index contributed by atoms with van der Waals surface area (Å²) in [6.45, 7) is 0. The van der Waals surface area contributed by atoms with Gasteiger partial charge in [0.05, 0.1) is 56.4 Å². The molecular formula is C50H29N5. The molecule has 11 rings (SSSR count). The summed E-state index contributed by atoms with van der Waals surface area (Å²) in [7, 11) is 0. The van der Waals surface area contributed by atoms with E-state index < -0.39 is 0 Å². The van der Waals surface area contributed by atoms with Crippen molar-refractivity contribution in [1.82, 2.24) is 13.7 Å². The maximum atomic E-state index is 10.6. The Morgan fingerprint density at radius 2 is 0.782 bits per heavy atom. The van der Waals surface area contributed by atoms with E-state index in [1.807, 2.05) is 42.5 Å². The highest BCUT2D eigenvalue weighted by Gasteiger charge is 2.18. The molecule has 0 fully saturated rings. The topological polar surface area (TPSA) is 62.4 Å². The fourth-order valence-electron chi connectivity index (χ4n) is 8.72. The molecule has 0 amide bonds. The number of fused-ring (bicyclic) bond motifs is 9. The summed E-state index contributed by atoms with van der Waals surface area (Å²) in [6.07, 6.45) is 0. The molecule has 0 aliphatic rings. The van der Waals surface area contributed by atoms with Crippen LogP contribution in [0.2, 0.25) is 0 Å². The van der Waals surface area contributed by atoms with E-state index in [-0.39, 0.29) is 0 Å². The first-order valence-electron chi connectivity index (χ1n) is 18.3. The van der Waals surface area contributed by atoms with E-state index in [0.717, 1.165) is 61.0 Å². The molecule has 254 valence electrons. The molecular weight excluding hydrogens is 671 g/mol. The van der Waals surface area contributed by atoms with Crippen molar-refractivity contribution in [3.05, 3.63) is 187 Å². The van der Waals surface area contributed by atoms with Gasteiger partial charge in [0.2, 0.25) is 0 Å². The van der Waals surface area contributed by atoms with Crippen LogP contribution in [0.3, 0.4) is 0 Å². The smallest absolute Gasteiger partial charge is 0.0998 e. The molecule has 0 saturated heterocycles. The van der Waals surface area contributed by atoms with Gasteiger partial charge in [0, 0.05) is 49.4 Å². The van der Waals surface area contributed by atoms with Crippen molar-refractivity contribution in [2.75, 3.05) is 0 Å². The zero-order chi connectivity index (χ0) is 36.6. The number of benzene rings is 8. The highest BCUT2D eigenvalue weighted by atomic mass is 15.0. The fraction of sp³-hybridized carbons (Fsp3) is 0. The van der Waals surface area contributed by atoms with E-state index in [4.69, 9.17) is 0 Å². The molecule has 8 aromatic carbocycles. The van der Waals surface area contributed by atoms with Crippen molar-refractivity contribution < 1.29 is 0 Å². The van der Waals surface area contributed by atoms with Crippen LogP contribution >= 0.6 is 0 Å². The van der Waals surface area contributed by atoms with Crippen molar-refractivity contribution >= 4 is 65.4 Å². The Bertz CT molecular complexity index is 3420. The minimum Gasteiger partial charge on any atom is -0.309 e. The molecule has 3 aromatic heterocycles. The number of hydrogen-bond donors (Lipinski definition) is 0. The minimum atomic E-state index is 0.577. The molecule has 5 heteroatoms. The maximum absolute atomic E-state index is 10.6. The molecule has 0 aliphatic heterocycles. The monoisotopic (exact) mass is 699 g/mol. The summed E-state index contributed by atoms with van der Waals surface area (Å²) in [6, 6.07) is 66.0. The molecule has 0 bridgehead atoms. The molecule has 3 heterocycles. The Morgan fingerprint density at radius 1 is 0.327 bits per heavy atom. The quantitative estimate of drug-likeness (QED) is 0.184. The summed E-state index contributed by atoms with van der Waals surface area (Å²) in [5.74, 6) is 0. The molecule has 0 aliphatic carbocycles. The van der Waals surface area contributed by atoms with Crippen LogP contribution in [0.5, 0.6) is 0 Å². The van der Waals surface area contributed by atoms with Gasteiger partial charge in [0.15, 0.2) is 0 Å². The van der Waals surface area contributed by atoms with Crippen LogP contribution in [0.4, 0.5) is 0 Å². The summed E-state index contributed by atoms with van der Waals surface area (Å²) in [5.41, 5.74) is 12.5. The normalized spacial score (nSPS) is 11.6. The van der Waals surface area contributed by atoms with Crippen LogP contribution in [-0.4, -0.2) is 13.7 Å². The average molecular weight is 700 g/mol. The van der Waals surface area contributed by atoms with Gasteiger partial charge in [-0.3, -0.25) is 0 Å². The number of aromatic nitrogens is 3. The zero-order valence-electron chi connectivity index (χ0n) is 29.5. The van der Waals surface area contributed by atoms with Gasteiger partial charge in [-0.1, -0.05) is 103 Å². The third kappa shape index (κ3) is 4.51. The molecule has 0 atom stereocenters. The average Bonchev–Trinajstić information content (AvgIpc) is 3.88. The largest absolute Gasteiger partial charge is 0.309 e. The van der Waals surface area contributed by atoms with Gasteiger partial charge in [-0.05, 0) is 83.9 Å². The van der Waals surface area contributed by atoms with E-state index in [9.17, 15) is 10.5 Å². The predicted octanol–water partition coefficient (Wildman–Crippen LogP) is 12.4. The van der Waals surface area contributed by atoms with Crippen molar-refractivity contribution in [3.8, 4) is 40.3 Å². The summed E-state index contributed by atoms with van der Waals surface area (Å²) >= 11 is 0. The van der Waals surface area contributed by atoms with E-state index in [0.29, 0.717) is 11.1 Å². The van der Waals surface area contributed by atoms with Crippen molar-refractivity contribution in [3.63, 3.8) is 0 Å². The zero-order valence-corrected chi connectivity index (χ0v) is 29.5.